The quantitative estimate of drug-likeness (QED) is 0.913. The first-order valence-corrected chi connectivity index (χ1v) is 7.48. The minimum Gasteiger partial charge on any atom is -0.476 e. The minimum atomic E-state index is -0.948. The fraction of sp³-hybridized carbons (Fsp3) is 0.375. The fourth-order valence-corrected chi connectivity index (χ4v) is 2.99. The van der Waals surface area contributed by atoms with Gasteiger partial charge in [-0.25, -0.2) is 9.78 Å². The number of aromatic nitrogens is 1. The van der Waals surface area contributed by atoms with Gasteiger partial charge in [-0.3, -0.25) is 0 Å². The van der Waals surface area contributed by atoms with Crippen molar-refractivity contribution in [1.29, 1.82) is 0 Å². The van der Waals surface area contributed by atoms with E-state index >= 15 is 0 Å². The molecule has 0 radical (unpaired) electrons. The van der Waals surface area contributed by atoms with E-state index in [1.54, 1.807) is 0 Å². The van der Waals surface area contributed by atoms with E-state index in [0.717, 1.165) is 15.4 Å². The average molecular weight is 289 g/mol. The molecule has 1 aromatic heterocycles. The van der Waals surface area contributed by atoms with Crippen LogP contribution in [0, 0.1) is 0 Å². The number of hydrogen-bond donors (Lipinski definition) is 1. The Morgan fingerprint density at radius 2 is 1.85 bits per heavy atom. The van der Waals surface area contributed by atoms with Gasteiger partial charge in [-0.2, -0.15) is 0 Å². The average Bonchev–Trinajstić information content (AvgIpc) is 2.82. The molecule has 1 aromatic carbocycles. The summed E-state index contributed by atoms with van der Waals surface area (Å²) < 4.78 is 0. The van der Waals surface area contributed by atoms with Crippen LogP contribution in [0.2, 0.25) is 0 Å². The van der Waals surface area contributed by atoms with Crippen LogP contribution in [0.4, 0.5) is 0 Å². The summed E-state index contributed by atoms with van der Waals surface area (Å²) in [4.78, 5) is 16.2. The van der Waals surface area contributed by atoms with Crippen LogP contribution in [0.1, 0.15) is 48.6 Å². The summed E-state index contributed by atoms with van der Waals surface area (Å²) in [5, 5.41) is 9.93. The molecule has 0 atom stereocenters. The molecule has 20 heavy (non-hydrogen) atoms. The number of carbonyl (C=O) groups is 1. The fourth-order valence-electron chi connectivity index (χ4n) is 1.99. The molecule has 0 aliphatic carbocycles. The number of hydrogen-bond acceptors (Lipinski definition) is 3. The Hall–Kier alpha value is -1.68. The number of benzene rings is 1. The molecule has 0 aliphatic heterocycles. The van der Waals surface area contributed by atoms with Crippen LogP contribution in [-0.4, -0.2) is 16.1 Å². The molecule has 4 heteroatoms. The molecular weight excluding hydrogens is 270 g/mol. The maximum atomic E-state index is 11.2. The number of rotatable bonds is 3. The van der Waals surface area contributed by atoms with Crippen LogP contribution in [-0.2, 0) is 11.8 Å². The third kappa shape index (κ3) is 2.90. The Morgan fingerprint density at radius 3 is 2.25 bits per heavy atom. The zero-order chi connectivity index (χ0) is 14.9. The molecule has 1 heterocycles. The Balaban J connectivity index is 2.39. The molecule has 0 saturated carbocycles. The third-order valence-corrected chi connectivity index (χ3v) is 4.47. The van der Waals surface area contributed by atoms with Crippen LogP contribution in [0.15, 0.2) is 24.3 Å². The van der Waals surface area contributed by atoms with Gasteiger partial charge >= 0.3 is 5.97 Å². The van der Waals surface area contributed by atoms with Crippen molar-refractivity contribution in [3.8, 4) is 10.6 Å². The van der Waals surface area contributed by atoms with Gasteiger partial charge in [0.2, 0.25) is 0 Å². The second-order valence-electron chi connectivity index (χ2n) is 5.78. The van der Waals surface area contributed by atoms with Crippen molar-refractivity contribution in [1.82, 2.24) is 4.98 Å². The normalized spacial score (nSPS) is 11.6. The van der Waals surface area contributed by atoms with Crippen molar-refractivity contribution in [3.63, 3.8) is 0 Å². The molecule has 0 fully saturated rings. The van der Waals surface area contributed by atoms with Crippen molar-refractivity contribution < 1.29 is 9.90 Å². The molecular formula is C16H19NO2S. The van der Waals surface area contributed by atoms with Gasteiger partial charge in [0, 0.05) is 10.4 Å². The topological polar surface area (TPSA) is 50.2 Å². The highest BCUT2D eigenvalue weighted by Gasteiger charge is 2.18. The maximum absolute atomic E-state index is 11.2. The second-order valence-corrected chi connectivity index (χ2v) is 6.86. The van der Waals surface area contributed by atoms with E-state index in [1.807, 2.05) is 19.1 Å². The summed E-state index contributed by atoms with van der Waals surface area (Å²) >= 11 is 1.46. The smallest absolute Gasteiger partial charge is 0.355 e. The second kappa shape index (κ2) is 5.37. The van der Waals surface area contributed by atoms with Crippen LogP contribution >= 0.6 is 11.3 Å². The number of nitrogens with zero attached hydrogens (tertiary/aromatic N) is 1. The highest BCUT2D eigenvalue weighted by Crippen LogP contribution is 2.30. The highest BCUT2D eigenvalue weighted by atomic mass is 32.1. The van der Waals surface area contributed by atoms with E-state index in [2.05, 4.69) is 37.9 Å². The molecule has 3 nitrogen and oxygen atoms in total. The number of aromatic carboxylic acids is 1. The van der Waals surface area contributed by atoms with Crippen molar-refractivity contribution in [2.45, 2.75) is 39.5 Å². The number of carboxylic acid groups (broad SMARTS) is 1. The lowest BCUT2D eigenvalue weighted by Gasteiger charge is -2.18. The standard InChI is InChI=1S/C16H19NO2S/c1-5-12-13(15(18)19)17-14(20-12)10-6-8-11(9-7-10)16(2,3)4/h6-9H,5H2,1-4H3,(H,18,19). The third-order valence-electron chi connectivity index (χ3n) is 3.22. The van der Waals surface area contributed by atoms with Gasteiger partial charge < -0.3 is 5.11 Å². The Labute approximate surface area is 123 Å². The van der Waals surface area contributed by atoms with Gasteiger partial charge in [-0.05, 0) is 17.4 Å². The van der Waals surface area contributed by atoms with Crippen LogP contribution in [0.25, 0.3) is 10.6 Å². The lowest BCUT2D eigenvalue weighted by atomic mass is 9.87. The first-order valence-electron chi connectivity index (χ1n) is 6.67. The predicted octanol–water partition coefficient (Wildman–Crippen LogP) is 4.37. The Kier molecular flexibility index (Phi) is 3.95. The van der Waals surface area contributed by atoms with Gasteiger partial charge in [0.1, 0.15) is 5.01 Å². The number of carboxylic acids is 1. The van der Waals surface area contributed by atoms with E-state index in [-0.39, 0.29) is 11.1 Å². The molecule has 0 saturated heterocycles. The van der Waals surface area contributed by atoms with Gasteiger partial charge in [-0.15, -0.1) is 11.3 Å². The molecule has 0 amide bonds. The van der Waals surface area contributed by atoms with E-state index < -0.39 is 5.97 Å². The van der Waals surface area contributed by atoms with Crippen molar-refractivity contribution in [3.05, 3.63) is 40.4 Å². The van der Waals surface area contributed by atoms with Crippen LogP contribution in [0.5, 0.6) is 0 Å². The summed E-state index contributed by atoms with van der Waals surface area (Å²) in [6.07, 6.45) is 0.694. The molecule has 0 aliphatic rings. The van der Waals surface area contributed by atoms with Gasteiger partial charge in [0.15, 0.2) is 5.69 Å². The predicted molar refractivity (Wildman–Crippen MR) is 82.6 cm³/mol. The zero-order valence-electron chi connectivity index (χ0n) is 12.2. The summed E-state index contributed by atoms with van der Waals surface area (Å²) in [7, 11) is 0. The number of thiazole rings is 1. The summed E-state index contributed by atoms with van der Waals surface area (Å²) in [6.45, 7) is 8.46. The molecule has 2 rings (SSSR count). The van der Waals surface area contributed by atoms with Crippen molar-refractivity contribution in [2.75, 3.05) is 0 Å². The summed E-state index contributed by atoms with van der Waals surface area (Å²) in [6, 6.07) is 8.21. The summed E-state index contributed by atoms with van der Waals surface area (Å²) in [5.74, 6) is -0.948. The first-order chi connectivity index (χ1) is 9.32. The molecule has 0 unspecified atom stereocenters. The molecule has 2 aromatic rings. The van der Waals surface area contributed by atoms with Gasteiger partial charge in [0.25, 0.3) is 0 Å². The molecule has 0 spiro atoms. The highest BCUT2D eigenvalue weighted by molar-refractivity contribution is 7.15. The van der Waals surface area contributed by atoms with E-state index in [4.69, 9.17) is 5.11 Å². The maximum Gasteiger partial charge on any atom is 0.355 e. The monoisotopic (exact) mass is 289 g/mol. The van der Waals surface area contributed by atoms with Crippen LogP contribution < -0.4 is 0 Å². The lowest BCUT2D eigenvalue weighted by molar-refractivity contribution is 0.0690. The van der Waals surface area contributed by atoms with Crippen molar-refractivity contribution >= 4 is 17.3 Å². The lowest BCUT2D eigenvalue weighted by Crippen LogP contribution is -2.10. The summed E-state index contributed by atoms with van der Waals surface area (Å²) in [5.41, 5.74) is 2.53. The minimum absolute atomic E-state index is 0.113. The molecule has 0 bridgehead atoms. The molecule has 106 valence electrons. The first kappa shape index (κ1) is 14.7. The Bertz CT molecular complexity index is 621. The Morgan fingerprint density at radius 1 is 1.25 bits per heavy atom. The SMILES string of the molecule is CCc1sc(-c2ccc(C(C)(C)C)cc2)nc1C(=O)O. The molecule has 1 N–H and O–H groups in total. The zero-order valence-corrected chi connectivity index (χ0v) is 13.0. The van der Waals surface area contributed by atoms with E-state index in [0.29, 0.717) is 6.42 Å². The van der Waals surface area contributed by atoms with Crippen LogP contribution in [0.3, 0.4) is 0 Å². The van der Waals surface area contributed by atoms with E-state index in [9.17, 15) is 4.79 Å². The largest absolute Gasteiger partial charge is 0.476 e. The van der Waals surface area contributed by atoms with Gasteiger partial charge in [-0.1, -0.05) is 52.0 Å². The van der Waals surface area contributed by atoms with E-state index in [1.165, 1.54) is 16.9 Å². The number of aryl methyl sites for hydroxylation is 1. The van der Waals surface area contributed by atoms with Gasteiger partial charge in [0.05, 0.1) is 0 Å². The van der Waals surface area contributed by atoms with Crippen molar-refractivity contribution in [2.24, 2.45) is 0 Å².